The van der Waals surface area contributed by atoms with Crippen molar-refractivity contribution in [2.24, 2.45) is 0 Å². The molecule has 3 nitrogen and oxygen atoms in total. The van der Waals surface area contributed by atoms with Gasteiger partial charge in [0.15, 0.2) is 0 Å². The van der Waals surface area contributed by atoms with Crippen molar-refractivity contribution in [1.82, 2.24) is 0 Å². The fourth-order valence-electron chi connectivity index (χ4n) is 1.80. The molecule has 98 valence electrons. The van der Waals surface area contributed by atoms with E-state index in [0.717, 1.165) is 15.6 Å². The van der Waals surface area contributed by atoms with E-state index in [1.807, 2.05) is 24.3 Å². The molecule has 0 saturated heterocycles. The Morgan fingerprint density at radius 3 is 2.37 bits per heavy atom. The van der Waals surface area contributed by atoms with E-state index in [0.29, 0.717) is 6.42 Å². The molecule has 0 spiro atoms. The summed E-state index contributed by atoms with van der Waals surface area (Å²) in [6, 6.07) is 14.3. The second kappa shape index (κ2) is 6.17. The molecule has 0 aromatic heterocycles. The van der Waals surface area contributed by atoms with Crippen LogP contribution >= 0.6 is 27.5 Å². The maximum Gasteiger partial charge on any atom is 0.269 e. The van der Waals surface area contributed by atoms with E-state index in [1.54, 1.807) is 12.1 Å². The summed E-state index contributed by atoms with van der Waals surface area (Å²) in [7, 11) is 0. The first-order chi connectivity index (χ1) is 9.08. The molecule has 0 aliphatic heterocycles. The van der Waals surface area contributed by atoms with Gasteiger partial charge in [-0.05, 0) is 23.6 Å². The zero-order valence-corrected chi connectivity index (χ0v) is 12.3. The summed E-state index contributed by atoms with van der Waals surface area (Å²) in [4.78, 5) is 10.2. The molecule has 5 heteroatoms. The molecule has 0 amide bonds. The van der Waals surface area contributed by atoms with Gasteiger partial charge in [0, 0.05) is 16.6 Å². The summed E-state index contributed by atoms with van der Waals surface area (Å²) in [6.45, 7) is 0. The number of non-ortho nitro benzene ring substituents is 1. The quantitative estimate of drug-likeness (QED) is 0.452. The zero-order chi connectivity index (χ0) is 13.8. The van der Waals surface area contributed by atoms with Gasteiger partial charge in [0.2, 0.25) is 0 Å². The van der Waals surface area contributed by atoms with Gasteiger partial charge in [0.1, 0.15) is 0 Å². The summed E-state index contributed by atoms with van der Waals surface area (Å²) in [5.41, 5.74) is 2.08. The lowest BCUT2D eigenvalue weighted by Gasteiger charge is -2.11. The maximum atomic E-state index is 10.6. The Bertz CT molecular complexity index is 586. The standard InChI is InChI=1S/C14H11BrClNO2/c15-13-4-2-1-3-12(13)14(16)9-10-5-7-11(8-6-10)17(18)19/h1-8,14H,9H2. The third-order valence-corrected chi connectivity index (χ3v) is 3.92. The Balaban J connectivity index is 2.13. The van der Waals surface area contributed by atoms with Crippen molar-refractivity contribution in [2.45, 2.75) is 11.8 Å². The van der Waals surface area contributed by atoms with Crippen LogP contribution in [0.15, 0.2) is 53.0 Å². The lowest BCUT2D eigenvalue weighted by atomic mass is 10.0. The molecule has 0 heterocycles. The number of nitro benzene ring substituents is 1. The van der Waals surface area contributed by atoms with Crippen molar-refractivity contribution in [3.8, 4) is 0 Å². The van der Waals surface area contributed by atoms with Crippen LogP contribution in [0.2, 0.25) is 0 Å². The van der Waals surface area contributed by atoms with Gasteiger partial charge in [-0.3, -0.25) is 10.1 Å². The average molecular weight is 341 g/mol. The molecule has 0 aliphatic carbocycles. The van der Waals surface area contributed by atoms with Gasteiger partial charge < -0.3 is 0 Å². The predicted octanol–water partition coefficient (Wildman–Crippen LogP) is 4.88. The number of hydrogen-bond acceptors (Lipinski definition) is 2. The van der Waals surface area contributed by atoms with Gasteiger partial charge in [-0.15, -0.1) is 11.6 Å². The molecule has 0 bridgehead atoms. The molecule has 2 aromatic carbocycles. The van der Waals surface area contributed by atoms with Crippen molar-refractivity contribution in [3.63, 3.8) is 0 Å². The lowest BCUT2D eigenvalue weighted by Crippen LogP contribution is -1.97. The van der Waals surface area contributed by atoms with Crippen LogP contribution in [0.1, 0.15) is 16.5 Å². The number of benzene rings is 2. The third-order valence-electron chi connectivity index (χ3n) is 2.80. The topological polar surface area (TPSA) is 43.1 Å². The van der Waals surface area contributed by atoms with Crippen LogP contribution in [0, 0.1) is 10.1 Å². The van der Waals surface area contributed by atoms with Crippen LogP contribution in [0.5, 0.6) is 0 Å². The Morgan fingerprint density at radius 2 is 1.79 bits per heavy atom. The maximum absolute atomic E-state index is 10.6. The first-order valence-corrected chi connectivity index (χ1v) is 6.92. The molecule has 1 unspecified atom stereocenters. The molecular formula is C14H11BrClNO2. The molecule has 0 aliphatic rings. The Hall–Kier alpha value is -1.39. The fraction of sp³-hybridized carbons (Fsp3) is 0.143. The predicted molar refractivity (Wildman–Crippen MR) is 79.5 cm³/mol. The minimum atomic E-state index is -0.407. The second-order valence-corrected chi connectivity index (χ2v) is 5.50. The highest BCUT2D eigenvalue weighted by Gasteiger charge is 2.12. The van der Waals surface area contributed by atoms with E-state index in [1.165, 1.54) is 12.1 Å². The summed E-state index contributed by atoms with van der Waals surface area (Å²) in [5, 5.41) is 10.4. The normalized spacial score (nSPS) is 12.1. The van der Waals surface area contributed by atoms with Crippen molar-refractivity contribution in [3.05, 3.63) is 74.2 Å². The number of rotatable bonds is 4. The highest BCUT2D eigenvalue weighted by atomic mass is 79.9. The molecule has 1 atom stereocenters. The van der Waals surface area contributed by atoms with Crippen LogP contribution in [0.4, 0.5) is 5.69 Å². The highest BCUT2D eigenvalue weighted by molar-refractivity contribution is 9.10. The zero-order valence-electron chi connectivity index (χ0n) is 9.92. The van der Waals surface area contributed by atoms with Crippen LogP contribution in [-0.4, -0.2) is 4.92 Å². The van der Waals surface area contributed by atoms with E-state index in [4.69, 9.17) is 11.6 Å². The molecule has 0 fully saturated rings. The lowest BCUT2D eigenvalue weighted by molar-refractivity contribution is -0.384. The van der Waals surface area contributed by atoms with Crippen molar-refractivity contribution >= 4 is 33.2 Å². The van der Waals surface area contributed by atoms with Gasteiger partial charge in [-0.25, -0.2) is 0 Å². The van der Waals surface area contributed by atoms with E-state index in [9.17, 15) is 10.1 Å². The Labute approximate surface area is 124 Å². The monoisotopic (exact) mass is 339 g/mol. The molecular weight excluding hydrogens is 330 g/mol. The van der Waals surface area contributed by atoms with Crippen LogP contribution in [0.25, 0.3) is 0 Å². The van der Waals surface area contributed by atoms with Gasteiger partial charge in [-0.2, -0.15) is 0 Å². The average Bonchev–Trinajstić information content (AvgIpc) is 2.39. The number of alkyl halides is 1. The van der Waals surface area contributed by atoms with Gasteiger partial charge in [0.25, 0.3) is 5.69 Å². The van der Waals surface area contributed by atoms with E-state index >= 15 is 0 Å². The molecule has 2 aromatic rings. The molecule has 0 radical (unpaired) electrons. The van der Waals surface area contributed by atoms with E-state index in [2.05, 4.69) is 15.9 Å². The minimum absolute atomic E-state index is 0.0933. The summed E-state index contributed by atoms with van der Waals surface area (Å²) >= 11 is 9.85. The third kappa shape index (κ3) is 3.55. The smallest absolute Gasteiger partial charge is 0.258 e. The van der Waals surface area contributed by atoms with Gasteiger partial charge in [0.05, 0.1) is 10.3 Å². The second-order valence-electron chi connectivity index (χ2n) is 4.12. The summed E-state index contributed by atoms with van der Waals surface area (Å²) in [6.07, 6.45) is 0.627. The van der Waals surface area contributed by atoms with Crippen molar-refractivity contribution in [2.75, 3.05) is 0 Å². The number of nitrogens with zero attached hydrogens (tertiary/aromatic N) is 1. The number of nitro groups is 1. The van der Waals surface area contributed by atoms with Crippen LogP contribution < -0.4 is 0 Å². The summed E-state index contributed by atoms with van der Waals surface area (Å²) in [5.74, 6) is 0. The Morgan fingerprint density at radius 1 is 1.16 bits per heavy atom. The van der Waals surface area contributed by atoms with Gasteiger partial charge >= 0.3 is 0 Å². The van der Waals surface area contributed by atoms with Crippen molar-refractivity contribution < 1.29 is 4.92 Å². The largest absolute Gasteiger partial charge is 0.269 e. The van der Waals surface area contributed by atoms with E-state index < -0.39 is 4.92 Å². The highest BCUT2D eigenvalue weighted by Crippen LogP contribution is 2.31. The van der Waals surface area contributed by atoms with Crippen LogP contribution in [-0.2, 0) is 6.42 Å². The first kappa shape index (κ1) is 14.0. The van der Waals surface area contributed by atoms with Crippen LogP contribution in [0.3, 0.4) is 0 Å². The first-order valence-electron chi connectivity index (χ1n) is 5.70. The molecule has 19 heavy (non-hydrogen) atoms. The number of halogens is 2. The molecule has 2 rings (SSSR count). The van der Waals surface area contributed by atoms with Gasteiger partial charge in [-0.1, -0.05) is 46.3 Å². The number of hydrogen-bond donors (Lipinski definition) is 0. The molecule has 0 saturated carbocycles. The fourth-order valence-corrected chi connectivity index (χ4v) is 2.86. The summed E-state index contributed by atoms with van der Waals surface area (Å²) < 4.78 is 0.969. The van der Waals surface area contributed by atoms with E-state index in [-0.39, 0.29) is 11.1 Å². The van der Waals surface area contributed by atoms with Crippen molar-refractivity contribution in [1.29, 1.82) is 0 Å². The SMILES string of the molecule is O=[N+]([O-])c1ccc(CC(Cl)c2ccccc2Br)cc1. The minimum Gasteiger partial charge on any atom is -0.258 e. The molecule has 0 N–H and O–H groups in total. The Kier molecular flexibility index (Phi) is 4.56.